The molecule has 0 aromatic rings. The van der Waals surface area contributed by atoms with Crippen LogP contribution in [0.5, 0.6) is 0 Å². The number of nitrogens with one attached hydrogen (secondary N) is 1. The first-order chi connectivity index (χ1) is 9.34. The van der Waals surface area contributed by atoms with Crippen molar-refractivity contribution in [3.63, 3.8) is 0 Å². The van der Waals surface area contributed by atoms with Crippen LogP contribution < -0.4 is 5.32 Å². The van der Waals surface area contributed by atoms with Crippen molar-refractivity contribution in [1.29, 1.82) is 0 Å². The van der Waals surface area contributed by atoms with Gasteiger partial charge in [0.1, 0.15) is 0 Å². The molecule has 0 aromatic heterocycles. The molecule has 0 radical (unpaired) electrons. The fourth-order valence-electron chi connectivity index (χ4n) is 4.98. The molecule has 2 unspecified atom stereocenters. The number of piperidine rings is 1. The van der Waals surface area contributed by atoms with Gasteiger partial charge in [0.05, 0.1) is 0 Å². The third-order valence-corrected chi connectivity index (χ3v) is 6.21. The largest absolute Gasteiger partial charge is 0.316 e. The minimum atomic E-state index is 0.746. The van der Waals surface area contributed by atoms with E-state index < -0.39 is 0 Å². The van der Waals surface area contributed by atoms with Gasteiger partial charge in [0.15, 0.2) is 0 Å². The molecule has 0 bridgehead atoms. The van der Waals surface area contributed by atoms with Gasteiger partial charge in [-0.15, -0.1) is 0 Å². The Kier molecular flexibility index (Phi) is 4.48. The normalized spacial score (nSPS) is 34.4. The molecule has 1 saturated heterocycles. The molecule has 110 valence electrons. The smallest absolute Gasteiger partial charge is 0.0152 e. The summed E-state index contributed by atoms with van der Waals surface area (Å²) < 4.78 is 0. The van der Waals surface area contributed by atoms with Crippen LogP contribution in [0.1, 0.15) is 64.7 Å². The Balaban J connectivity index is 1.58. The summed E-state index contributed by atoms with van der Waals surface area (Å²) in [6.07, 6.45) is 13.4. The van der Waals surface area contributed by atoms with E-state index in [0.717, 1.165) is 17.4 Å². The zero-order valence-electron chi connectivity index (χ0n) is 12.8. The van der Waals surface area contributed by atoms with E-state index in [1.165, 1.54) is 84.0 Å². The van der Waals surface area contributed by atoms with Crippen LogP contribution in [0.3, 0.4) is 0 Å². The van der Waals surface area contributed by atoms with E-state index in [9.17, 15) is 0 Å². The molecule has 19 heavy (non-hydrogen) atoms. The van der Waals surface area contributed by atoms with Gasteiger partial charge in [-0.25, -0.2) is 0 Å². The number of hydrogen-bond donors (Lipinski definition) is 1. The monoisotopic (exact) mass is 264 g/mol. The molecule has 3 rings (SSSR count). The van der Waals surface area contributed by atoms with Crippen molar-refractivity contribution >= 4 is 0 Å². The van der Waals surface area contributed by atoms with Crippen LogP contribution in [-0.4, -0.2) is 37.1 Å². The number of hydrogen-bond acceptors (Lipinski definition) is 2. The fraction of sp³-hybridized carbons (Fsp3) is 1.00. The molecule has 3 aliphatic rings. The van der Waals surface area contributed by atoms with Crippen LogP contribution >= 0.6 is 0 Å². The van der Waals surface area contributed by atoms with Crippen molar-refractivity contribution in [2.75, 3.05) is 26.2 Å². The standard InChI is InChI=1S/C17H32N2/c1-2-19(14-15-7-6-12-18-13-15)16-8-11-17(16)9-4-3-5-10-17/h15-16,18H,2-14H2,1H3. The lowest BCUT2D eigenvalue weighted by Gasteiger charge is -2.57. The van der Waals surface area contributed by atoms with Gasteiger partial charge in [-0.3, -0.25) is 4.90 Å². The zero-order valence-corrected chi connectivity index (χ0v) is 12.8. The summed E-state index contributed by atoms with van der Waals surface area (Å²) in [5.41, 5.74) is 0.746. The van der Waals surface area contributed by atoms with Crippen molar-refractivity contribution < 1.29 is 0 Å². The first-order valence-electron chi connectivity index (χ1n) is 8.79. The summed E-state index contributed by atoms with van der Waals surface area (Å²) in [7, 11) is 0. The lowest BCUT2D eigenvalue weighted by atomic mass is 9.56. The molecular formula is C17H32N2. The summed E-state index contributed by atoms with van der Waals surface area (Å²) in [5.74, 6) is 0.912. The molecule has 1 N–H and O–H groups in total. The van der Waals surface area contributed by atoms with E-state index in [-0.39, 0.29) is 0 Å². The Hall–Kier alpha value is -0.0800. The molecule has 3 fully saturated rings. The Morgan fingerprint density at radius 1 is 1.05 bits per heavy atom. The molecule has 2 aliphatic carbocycles. The maximum atomic E-state index is 3.58. The molecular weight excluding hydrogens is 232 g/mol. The van der Waals surface area contributed by atoms with Gasteiger partial charge in [0, 0.05) is 12.6 Å². The molecule has 1 aliphatic heterocycles. The lowest BCUT2D eigenvalue weighted by Crippen LogP contribution is -2.57. The zero-order chi connectivity index (χ0) is 13.1. The Bertz CT molecular complexity index is 277. The van der Waals surface area contributed by atoms with Crippen LogP contribution in [-0.2, 0) is 0 Å². The summed E-state index contributed by atoms with van der Waals surface area (Å²) in [6, 6.07) is 0.930. The van der Waals surface area contributed by atoms with Gasteiger partial charge in [0.2, 0.25) is 0 Å². The average molecular weight is 264 g/mol. The van der Waals surface area contributed by atoms with Crippen molar-refractivity contribution in [3.05, 3.63) is 0 Å². The van der Waals surface area contributed by atoms with E-state index in [0.29, 0.717) is 0 Å². The molecule has 1 spiro atoms. The summed E-state index contributed by atoms with van der Waals surface area (Å²) in [6.45, 7) is 7.51. The average Bonchev–Trinajstić information content (AvgIpc) is 2.47. The lowest BCUT2D eigenvalue weighted by molar-refractivity contribution is -0.0571. The highest BCUT2D eigenvalue weighted by Crippen LogP contribution is 2.53. The minimum absolute atomic E-state index is 0.746. The second kappa shape index (κ2) is 6.13. The minimum Gasteiger partial charge on any atom is -0.316 e. The van der Waals surface area contributed by atoms with Gasteiger partial charge in [-0.1, -0.05) is 26.2 Å². The fourth-order valence-corrected chi connectivity index (χ4v) is 4.98. The SMILES string of the molecule is CCN(CC1CCCNC1)C1CCC12CCCCC2. The van der Waals surface area contributed by atoms with Gasteiger partial charge in [-0.05, 0) is 69.5 Å². The van der Waals surface area contributed by atoms with Crippen molar-refractivity contribution in [2.45, 2.75) is 70.8 Å². The summed E-state index contributed by atoms with van der Waals surface area (Å²) >= 11 is 0. The number of nitrogens with zero attached hydrogens (tertiary/aromatic N) is 1. The summed E-state index contributed by atoms with van der Waals surface area (Å²) in [5, 5.41) is 3.58. The predicted octanol–water partition coefficient (Wildman–Crippen LogP) is 3.42. The first-order valence-corrected chi connectivity index (χ1v) is 8.79. The second-order valence-corrected chi connectivity index (χ2v) is 7.28. The highest BCUT2D eigenvalue weighted by Gasteiger charge is 2.49. The maximum absolute atomic E-state index is 3.58. The van der Waals surface area contributed by atoms with Crippen molar-refractivity contribution in [2.24, 2.45) is 11.3 Å². The number of rotatable bonds is 4. The summed E-state index contributed by atoms with van der Waals surface area (Å²) in [4.78, 5) is 2.85. The third kappa shape index (κ3) is 2.85. The Morgan fingerprint density at radius 2 is 1.89 bits per heavy atom. The van der Waals surface area contributed by atoms with E-state index in [2.05, 4.69) is 17.1 Å². The second-order valence-electron chi connectivity index (χ2n) is 7.28. The molecule has 1 heterocycles. The molecule has 0 amide bonds. The molecule has 2 saturated carbocycles. The maximum Gasteiger partial charge on any atom is 0.0152 e. The van der Waals surface area contributed by atoms with Crippen molar-refractivity contribution in [1.82, 2.24) is 10.2 Å². The molecule has 0 aromatic carbocycles. The quantitative estimate of drug-likeness (QED) is 0.837. The third-order valence-electron chi connectivity index (χ3n) is 6.21. The van der Waals surface area contributed by atoms with Gasteiger partial charge < -0.3 is 5.32 Å². The van der Waals surface area contributed by atoms with E-state index >= 15 is 0 Å². The van der Waals surface area contributed by atoms with Crippen molar-refractivity contribution in [3.8, 4) is 0 Å². The van der Waals surface area contributed by atoms with Crippen LogP contribution in [0.15, 0.2) is 0 Å². The Morgan fingerprint density at radius 3 is 2.47 bits per heavy atom. The molecule has 2 atom stereocenters. The molecule has 2 heteroatoms. The highest BCUT2D eigenvalue weighted by molar-refractivity contribution is 5.02. The van der Waals surface area contributed by atoms with E-state index in [4.69, 9.17) is 0 Å². The highest BCUT2D eigenvalue weighted by atomic mass is 15.2. The van der Waals surface area contributed by atoms with E-state index in [1.807, 2.05) is 0 Å². The van der Waals surface area contributed by atoms with E-state index in [1.54, 1.807) is 0 Å². The van der Waals surface area contributed by atoms with Gasteiger partial charge in [0.25, 0.3) is 0 Å². The van der Waals surface area contributed by atoms with Gasteiger partial charge >= 0.3 is 0 Å². The van der Waals surface area contributed by atoms with Crippen LogP contribution in [0.4, 0.5) is 0 Å². The predicted molar refractivity (Wildman–Crippen MR) is 81.4 cm³/mol. The first kappa shape index (κ1) is 13.9. The van der Waals surface area contributed by atoms with Crippen LogP contribution in [0, 0.1) is 11.3 Å². The molecule has 2 nitrogen and oxygen atoms in total. The van der Waals surface area contributed by atoms with Gasteiger partial charge in [-0.2, -0.15) is 0 Å². The topological polar surface area (TPSA) is 15.3 Å². The van der Waals surface area contributed by atoms with Crippen LogP contribution in [0.2, 0.25) is 0 Å². The van der Waals surface area contributed by atoms with Crippen LogP contribution in [0.25, 0.3) is 0 Å². The Labute approximate surface area is 119 Å².